The van der Waals surface area contributed by atoms with Crippen LogP contribution < -0.4 is 0 Å². The van der Waals surface area contributed by atoms with E-state index in [9.17, 15) is 0 Å². The van der Waals surface area contributed by atoms with Crippen LogP contribution in [0.2, 0.25) is 0 Å². The summed E-state index contributed by atoms with van der Waals surface area (Å²) in [6.45, 7) is 6.68. The summed E-state index contributed by atoms with van der Waals surface area (Å²) in [5, 5.41) is 10.5. The van der Waals surface area contributed by atoms with E-state index in [0.29, 0.717) is 0 Å². The number of fused-ring (bicyclic) bond motifs is 6. The van der Waals surface area contributed by atoms with Crippen LogP contribution in [0.3, 0.4) is 0 Å². The largest absolute Gasteiger partial charge is 0.0616 e. The molecule has 0 aliphatic rings. The molecule has 6 aromatic rings. The van der Waals surface area contributed by atoms with Gasteiger partial charge < -0.3 is 0 Å². The second kappa shape index (κ2) is 6.68. The quantitative estimate of drug-likeness (QED) is 0.192. The van der Waals surface area contributed by atoms with Gasteiger partial charge in [0, 0.05) is 0 Å². The van der Waals surface area contributed by atoms with E-state index < -0.39 is 0 Å². The molecule has 0 N–H and O–H groups in total. The number of hydrogen-bond donors (Lipinski definition) is 0. The van der Waals surface area contributed by atoms with Crippen LogP contribution in [0.4, 0.5) is 0 Å². The molecule has 0 radical (unpaired) electrons. The first-order valence-electron chi connectivity index (χ1n) is 11.0. The molecule has 0 aliphatic carbocycles. The Morgan fingerprint density at radius 3 is 1.81 bits per heavy atom. The maximum atomic E-state index is 2.39. The minimum absolute atomic E-state index is 1.29. The molecule has 6 aromatic carbocycles. The average Bonchev–Trinajstić information content (AvgIpc) is 2.77. The van der Waals surface area contributed by atoms with Gasteiger partial charge in [-0.1, -0.05) is 90.5 Å². The molecule has 0 heteroatoms. The standard InChI is InChI=1S/C31H24/c1-19-16-20(2)29(21(3)17-19)31-26-11-7-5-9-24(26)18-28-27(31)15-14-23-13-12-22-8-4-6-10-25(22)30(23)28/h4-18H,1-3H3. The smallest absolute Gasteiger partial charge is 0.00213 e. The number of aryl methyl sites for hydroxylation is 3. The third-order valence-corrected chi connectivity index (χ3v) is 6.68. The minimum Gasteiger partial charge on any atom is -0.0616 e. The molecular weight excluding hydrogens is 372 g/mol. The van der Waals surface area contributed by atoms with Crippen molar-refractivity contribution >= 4 is 43.1 Å². The molecule has 0 nitrogen and oxygen atoms in total. The van der Waals surface area contributed by atoms with Crippen molar-refractivity contribution in [3.8, 4) is 11.1 Å². The molecule has 0 aliphatic heterocycles. The van der Waals surface area contributed by atoms with Crippen LogP contribution in [-0.4, -0.2) is 0 Å². The van der Waals surface area contributed by atoms with E-state index in [-0.39, 0.29) is 0 Å². The fourth-order valence-electron chi connectivity index (χ4n) is 5.49. The number of hydrogen-bond acceptors (Lipinski definition) is 0. The minimum atomic E-state index is 1.29. The highest BCUT2D eigenvalue weighted by atomic mass is 14.2. The lowest BCUT2D eigenvalue weighted by Gasteiger charge is -2.18. The van der Waals surface area contributed by atoms with Gasteiger partial charge in [0.05, 0.1) is 0 Å². The Hall–Kier alpha value is -3.64. The topological polar surface area (TPSA) is 0 Å². The summed E-state index contributed by atoms with van der Waals surface area (Å²) in [5.41, 5.74) is 6.73. The average molecular weight is 397 g/mol. The van der Waals surface area contributed by atoms with Gasteiger partial charge in [0.2, 0.25) is 0 Å². The van der Waals surface area contributed by atoms with E-state index >= 15 is 0 Å². The van der Waals surface area contributed by atoms with E-state index in [1.807, 2.05) is 0 Å². The zero-order valence-corrected chi connectivity index (χ0v) is 18.2. The van der Waals surface area contributed by atoms with Crippen LogP contribution in [-0.2, 0) is 0 Å². The lowest BCUT2D eigenvalue weighted by molar-refractivity contribution is 1.33. The Bertz CT molecular complexity index is 1630. The second-order valence-electron chi connectivity index (χ2n) is 8.79. The van der Waals surface area contributed by atoms with Crippen LogP contribution in [0.5, 0.6) is 0 Å². The van der Waals surface area contributed by atoms with E-state index in [1.54, 1.807) is 0 Å². The predicted octanol–water partition coefficient (Wildman–Crippen LogP) is 8.89. The van der Waals surface area contributed by atoms with Crippen LogP contribution >= 0.6 is 0 Å². The first-order chi connectivity index (χ1) is 15.1. The third kappa shape index (κ3) is 2.68. The molecule has 0 fully saturated rings. The van der Waals surface area contributed by atoms with Crippen molar-refractivity contribution in [1.29, 1.82) is 0 Å². The molecule has 0 atom stereocenters. The van der Waals surface area contributed by atoms with E-state index in [2.05, 4.69) is 112 Å². The fraction of sp³-hybridized carbons (Fsp3) is 0.0968. The summed E-state index contributed by atoms with van der Waals surface area (Å²) in [7, 11) is 0. The lowest BCUT2D eigenvalue weighted by Crippen LogP contribution is -1.94. The van der Waals surface area contributed by atoms with Crippen molar-refractivity contribution < 1.29 is 0 Å². The summed E-state index contributed by atoms with van der Waals surface area (Å²) in [6.07, 6.45) is 0. The zero-order valence-electron chi connectivity index (χ0n) is 18.2. The lowest BCUT2D eigenvalue weighted by atomic mass is 9.85. The van der Waals surface area contributed by atoms with Gasteiger partial charge in [-0.25, -0.2) is 0 Å². The van der Waals surface area contributed by atoms with Crippen LogP contribution in [0.15, 0.2) is 91.0 Å². The van der Waals surface area contributed by atoms with Gasteiger partial charge in [0.25, 0.3) is 0 Å². The Morgan fingerprint density at radius 2 is 1.03 bits per heavy atom. The highest BCUT2D eigenvalue weighted by Gasteiger charge is 2.16. The van der Waals surface area contributed by atoms with Crippen LogP contribution in [0.1, 0.15) is 16.7 Å². The van der Waals surface area contributed by atoms with Gasteiger partial charge in [-0.05, 0) is 92.2 Å². The summed E-state index contributed by atoms with van der Waals surface area (Å²) in [5.74, 6) is 0. The van der Waals surface area contributed by atoms with Gasteiger partial charge in [-0.2, -0.15) is 0 Å². The van der Waals surface area contributed by atoms with Crippen molar-refractivity contribution in [2.45, 2.75) is 20.8 Å². The molecule has 148 valence electrons. The molecular formula is C31H24. The summed E-state index contributed by atoms with van der Waals surface area (Å²) in [4.78, 5) is 0. The molecule has 0 bridgehead atoms. The van der Waals surface area contributed by atoms with Crippen LogP contribution in [0, 0.1) is 20.8 Å². The van der Waals surface area contributed by atoms with Crippen molar-refractivity contribution in [2.24, 2.45) is 0 Å². The zero-order chi connectivity index (χ0) is 21.1. The van der Waals surface area contributed by atoms with Crippen molar-refractivity contribution in [1.82, 2.24) is 0 Å². The summed E-state index contributed by atoms with van der Waals surface area (Å²) >= 11 is 0. The number of rotatable bonds is 1. The molecule has 0 unspecified atom stereocenters. The van der Waals surface area contributed by atoms with Gasteiger partial charge in [0.1, 0.15) is 0 Å². The summed E-state index contributed by atoms with van der Waals surface area (Å²) < 4.78 is 0. The molecule has 0 saturated heterocycles. The first-order valence-corrected chi connectivity index (χ1v) is 11.0. The maximum Gasteiger partial charge on any atom is -0.00213 e. The number of benzene rings is 6. The van der Waals surface area contributed by atoms with Gasteiger partial charge >= 0.3 is 0 Å². The van der Waals surface area contributed by atoms with Gasteiger partial charge in [0.15, 0.2) is 0 Å². The highest BCUT2D eigenvalue weighted by molar-refractivity contribution is 6.26. The van der Waals surface area contributed by atoms with Gasteiger partial charge in [-0.3, -0.25) is 0 Å². The second-order valence-corrected chi connectivity index (χ2v) is 8.79. The van der Waals surface area contributed by atoms with E-state index in [4.69, 9.17) is 0 Å². The molecule has 0 heterocycles. The first kappa shape index (κ1) is 18.2. The van der Waals surface area contributed by atoms with Crippen LogP contribution in [0.25, 0.3) is 54.2 Å². The summed E-state index contributed by atoms with van der Waals surface area (Å²) in [6, 6.07) is 33.7. The van der Waals surface area contributed by atoms with Crippen molar-refractivity contribution in [2.75, 3.05) is 0 Å². The Balaban J connectivity index is 1.90. The molecule has 0 saturated carbocycles. The molecule has 31 heavy (non-hydrogen) atoms. The van der Waals surface area contributed by atoms with E-state index in [0.717, 1.165) is 0 Å². The molecule has 0 aromatic heterocycles. The van der Waals surface area contributed by atoms with E-state index in [1.165, 1.54) is 70.9 Å². The van der Waals surface area contributed by atoms with Crippen molar-refractivity contribution in [3.63, 3.8) is 0 Å². The van der Waals surface area contributed by atoms with Crippen molar-refractivity contribution in [3.05, 3.63) is 108 Å². The Labute approximate surface area is 182 Å². The maximum absolute atomic E-state index is 2.39. The SMILES string of the molecule is Cc1cc(C)c(-c2c3ccccc3cc3c2ccc2ccc4ccccc4c23)c(C)c1. The Morgan fingerprint density at radius 1 is 0.419 bits per heavy atom. The fourth-order valence-corrected chi connectivity index (χ4v) is 5.49. The normalized spacial score (nSPS) is 11.7. The molecule has 0 spiro atoms. The molecule has 6 rings (SSSR count). The van der Waals surface area contributed by atoms with Gasteiger partial charge in [-0.15, -0.1) is 0 Å². The molecule has 0 amide bonds. The highest BCUT2D eigenvalue weighted by Crippen LogP contribution is 2.43. The third-order valence-electron chi connectivity index (χ3n) is 6.68. The monoisotopic (exact) mass is 396 g/mol. The Kier molecular flexibility index (Phi) is 3.91. The predicted molar refractivity (Wildman–Crippen MR) is 136 cm³/mol.